The van der Waals surface area contributed by atoms with Crippen LogP contribution in [0.3, 0.4) is 0 Å². The van der Waals surface area contributed by atoms with Crippen LogP contribution in [-0.4, -0.2) is 52.7 Å². The largest absolute Gasteiger partial charge is 0.495 e. The van der Waals surface area contributed by atoms with E-state index in [1.165, 1.54) is 39.2 Å². The third-order valence-electron chi connectivity index (χ3n) is 6.54. The monoisotopic (exact) mass is 478 g/mol. The number of ether oxygens (including phenoxy) is 1. The van der Waals surface area contributed by atoms with Gasteiger partial charge in [0.05, 0.1) is 17.7 Å². The first-order chi connectivity index (χ1) is 15.4. The molecule has 1 unspecified atom stereocenters. The standard InChI is InChI=1S/C23H34N4O3S2/c1-16-22(31-23(25-16)27(2)19-9-5-4-6-10-19)17-11-12-20(30-3)21(14-17)32(28,29)26-18-8-7-13-24-15-18/h11-12,14,18-19,24,26H,4-10,13,15H2,1-3H3. The summed E-state index contributed by atoms with van der Waals surface area (Å²) in [4.78, 5) is 8.31. The summed E-state index contributed by atoms with van der Waals surface area (Å²) in [5.41, 5.74) is 1.77. The normalized spacial score (nSPS) is 20.3. The van der Waals surface area contributed by atoms with Crippen LogP contribution in [0.2, 0.25) is 0 Å². The highest BCUT2D eigenvalue weighted by atomic mass is 32.2. The molecule has 1 saturated heterocycles. The van der Waals surface area contributed by atoms with E-state index < -0.39 is 10.0 Å². The Labute approximate surface area is 195 Å². The molecule has 176 valence electrons. The van der Waals surface area contributed by atoms with Gasteiger partial charge in [-0.25, -0.2) is 18.1 Å². The number of nitrogens with one attached hydrogen (secondary N) is 2. The first-order valence-corrected chi connectivity index (χ1v) is 13.8. The Bertz CT molecular complexity index is 1030. The Morgan fingerprint density at radius 2 is 1.97 bits per heavy atom. The summed E-state index contributed by atoms with van der Waals surface area (Å²) < 4.78 is 34.7. The van der Waals surface area contributed by atoms with Crippen molar-refractivity contribution < 1.29 is 13.2 Å². The summed E-state index contributed by atoms with van der Waals surface area (Å²) in [6.45, 7) is 3.57. The van der Waals surface area contributed by atoms with Gasteiger partial charge in [0.1, 0.15) is 10.6 Å². The van der Waals surface area contributed by atoms with Gasteiger partial charge in [0.2, 0.25) is 10.0 Å². The first-order valence-electron chi connectivity index (χ1n) is 11.5. The van der Waals surface area contributed by atoms with Crippen LogP contribution in [0.4, 0.5) is 5.13 Å². The fourth-order valence-corrected chi connectivity index (χ4v) is 7.25. The maximum atomic E-state index is 13.2. The number of piperidine rings is 1. The molecule has 1 atom stereocenters. The second-order valence-electron chi connectivity index (χ2n) is 8.84. The van der Waals surface area contributed by atoms with Crippen LogP contribution in [0.25, 0.3) is 10.4 Å². The van der Waals surface area contributed by atoms with Gasteiger partial charge >= 0.3 is 0 Å². The molecule has 9 heteroatoms. The van der Waals surface area contributed by atoms with Crippen molar-refractivity contribution in [2.75, 3.05) is 32.1 Å². The number of methoxy groups -OCH3 is 1. The molecule has 2 fully saturated rings. The topological polar surface area (TPSA) is 83.6 Å². The predicted molar refractivity (Wildman–Crippen MR) is 130 cm³/mol. The molecule has 32 heavy (non-hydrogen) atoms. The van der Waals surface area contributed by atoms with Gasteiger partial charge in [-0.15, -0.1) is 0 Å². The minimum atomic E-state index is -3.71. The van der Waals surface area contributed by atoms with E-state index in [1.54, 1.807) is 23.5 Å². The molecule has 2 aromatic rings. The number of thiazole rings is 1. The van der Waals surface area contributed by atoms with Crippen molar-refractivity contribution in [3.63, 3.8) is 0 Å². The number of hydrogen-bond acceptors (Lipinski definition) is 7. The molecule has 0 amide bonds. The van der Waals surface area contributed by atoms with Gasteiger partial charge in [-0.3, -0.25) is 0 Å². The van der Waals surface area contributed by atoms with Crippen molar-refractivity contribution in [2.24, 2.45) is 0 Å². The summed E-state index contributed by atoms with van der Waals surface area (Å²) in [6.07, 6.45) is 8.07. The maximum Gasteiger partial charge on any atom is 0.244 e. The van der Waals surface area contributed by atoms with E-state index in [0.717, 1.165) is 40.7 Å². The molecule has 0 radical (unpaired) electrons. The van der Waals surface area contributed by atoms with Gasteiger partial charge in [0, 0.05) is 25.7 Å². The van der Waals surface area contributed by atoms with E-state index in [4.69, 9.17) is 9.72 Å². The van der Waals surface area contributed by atoms with Crippen molar-refractivity contribution in [1.29, 1.82) is 0 Å². The van der Waals surface area contributed by atoms with E-state index in [1.807, 2.05) is 13.0 Å². The Hall–Kier alpha value is -1.68. The van der Waals surface area contributed by atoms with Crippen molar-refractivity contribution in [3.8, 4) is 16.2 Å². The molecule has 1 aromatic carbocycles. The second kappa shape index (κ2) is 10.1. The minimum absolute atomic E-state index is 0.108. The average molecular weight is 479 g/mol. The van der Waals surface area contributed by atoms with Crippen molar-refractivity contribution in [2.45, 2.75) is 68.8 Å². The van der Waals surface area contributed by atoms with E-state index >= 15 is 0 Å². The highest BCUT2D eigenvalue weighted by molar-refractivity contribution is 7.89. The van der Waals surface area contributed by atoms with Gasteiger partial charge < -0.3 is 15.0 Å². The number of aromatic nitrogens is 1. The van der Waals surface area contributed by atoms with Gasteiger partial charge in [-0.1, -0.05) is 30.6 Å². The molecule has 4 rings (SSSR count). The van der Waals surface area contributed by atoms with Crippen molar-refractivity contribution in [3.05, 3.63) is 23.9 Å². The van der Waals surface area contributed by atoms with Crippen LogP contribution in [0.5, 0.6) is 5.75 Å². The molecular weight excluding hydrogens is 444 g/mol. The lowest BCUT2D eigenvalue weighted by Crippen LogP contribution is -2.45. The van der Waals surface area contributed by atoms with E-state index in [9.17, 15) is 8.42 Å². The van der Waals surface area contributed by atoms with E-state index in [-0.39, 0.29) is 10.9 Å². The van der Waals surface area contributed by atoms with Crippen LogP contribution in [0.15, 0.2) is 23.1 Å². The number of sulfonamides is 1. The quantitative estimate of drug-likeness (QED) is 0.627. The smallest absolute Gasteiger partial charge is 0.244 e. The number of rotatable bonds is 7. The number of nitrogens with zero attached hydrogens (tertiary/aromatic N) is 2. The highest BCUT2D eigenvalue weighted by Crippen LogP contribution is 2.39. The number of anilines is 1. The molecule has 1 aromatic heterocycles. The molecule has 7 nitrogen and oxygen atoms in total. The molecule has 1 aliphatic heterocycles. The van der Waals surface area contributed by atoms with Crippen LogP contribution < -0.4 is 19.7 Å². The number of hydrogen-bond donors (Lipinski definition) is 2. The van der Waals surface area contributed by atoms with Crippen LogP contribution in [-0.2, 0) is 10.0 Å². The number of aryl methyl sites for hydroxylation is 1. The number of benzene rings is 1. The summed E-state index contributed by atoms with van der Waals surface area (Å²) in [7, 11) is -0.0795. The Balaban J connectivity index is 1.62. The predicted octanol–water partition coefficient (Wildman–Crippen LogP) is 3.93. The summed E-state index contributed by atoms with van der Waals surface area (Å²) in [6, 6.07) is 5.81. The lowest BCUT2D eigenvalue weighted by molar-refractivity contribution is 0.399. The van der Waals surface area contributed by atoms with Crippen LogP contribution in [0, 0.1) is 6.92 Å². The fraction of sp³-hybridized carbons (Fsp3) is 0.609. The van der Waals surface area contributed by atoms with Gasteiger partial charge in [-0.2, -0.15) is 0 Å². The van der Waals surface area contributed by atoms with Gasteiger partial charge in [-0.05, 0) is 62.9 Å². The van der Waals surface area contributed by atoms with E-state index in [2.05, 4.69) is 22.0 Å². The first kappa shape index (κ1) is 23.5. The zero-order valence-electron chi connectivity index (χ0n) is 19.2. The van der Waals surface area contributed by atoms with Gasteiger partial charge in [0.15, 0.2) is 5.13 Å². The Morgan fingerprint density at radius 1 is 1.19 bits per heavy atom. The van der Waals surface area contributed by atoms with Crippen LogP contribution in [0.1, 0.15) is 50.6 Å². The van der Waals surface area contributed by atoms with Crippen molar-refractivity contribution in [1.82, 2.24) is 15.0 Å². The molecule has 2 aliphatic rings. The molecule has 0 spiro atoms. The van der Waals surface area contributed by atoms with Crippen molar-refractivity contribution >= 4 is 26.5 Å². The Kier molecular flexibility index (Phi) is 7.39. The average Bonchev–Trinajstić information content (AvgIpc) is 3.20. The lowest BCUT2D eigenvalue weighted by Gasteiger charge is -2.30. The summed E-state index contributed by atoms with van der Waals surface area (Å²) >= 11 is 1.63. The lowest BCUT2D eigenvalue weighted by atomic mass is 9.95. The maximum absolute atomic E-state index is 13.2. The SMILES string of the molecule is COc1ccc(-c2sc(N(C)C3CCCCC3)nc2C)cc1S(=O)(=O)NC1CCCNC1. The molecular formula is C23H34N4O3S2. The summed E-state index contributed by atoms with van der Waals surface area (Å²) in [5, 5.41) is 4.25. The molecule has 2 N–H and O–H groups in total. The zero-order valence-corrected chi connectivity index (χ0v) is 20.8. The molecule has 0 bridgehead atoms. The third kappa shape index (κ3) is 5.11. The van der Waals surface area contributed by atoms with Gasteiger partial charge in [0.25, 0.3) is 0 Å². The Morgan fingerprint density at radius 3 is 2.66 bits per heavy atom. The summed E-state index contributed by atoms with van der Waals surface area (Å²) in [5.74, 6) is 0.353. The van der Waals surface area contributed by atoms with E-state index in [0.29, 0.717) is 18.3 Å². The second-order valence-corrected chi connectivity index (χ2v) is 11.5. The fourth-order valence-electron chi connectivity index (χ4n) is 4.69. The molecule has 1 saturated carbocycles. The minimum Gasteiger partial charge on any atom is -0.495 e. The van der Waals surface area contributed by atoms with Crippen LogP contribution >= 0.6 is 11.3 Å². The molecule has 1 aliphatic carbocycles. The zero-order chi connectivity index (χ0) is 22.7. The third-order valence-corrected chi connectivity index (χ3v) is 9.38. The highest BCUT2D eigenvalue weighted by Gasteiger charge is 2.27. The molecule has 2 heterocycles.